The highest BCUT2D eigenvalue weighted by Gasteiger charge is 1.96. The van der Waals surface area contributed by atoms with Gasteiger partial charge in [0.2, 0.25) is 0 Å². The van der Waals surface area contributed by atoms with E-state index in [-0.39, 0.29) is 0 Å². The molecule has 0 radical (unpaired) electrons. The van der Waals surface area contributed by atoms with Crippen LogP contribution in [0, 0.1) is 0 Å². The van der Waals surface area contributed by atoms with Crippen molar-refractivity contribution >= 4 is 23.5 Å². The summed E-state index contributed by atoms with van der Waals surface area (Å²) >= 11 is 4.12. The van der Waals surface area contributed by atoms with Crippen LogP contribution < -0.4 is 5.32 Å². The van der Waals surface area contributed by atoms with E-state index in [9.17, 15) is 0 Å². The fourth-order valence-corrected chi connectivity index (χ4v) is 3.69. The van der Waals surface area contributed by atoms with Gasteiger partial charge in [0.25, 0.3) is 0 Å². The molecule has 6 heteroatoms. The van der Waals surface area contributed by atoms with Crippen molar-refractivity contribution in [1.82, 2.24) is 5.32 Å². The predicted octanol–water partition coefficient (Wildman–Crippen LogP) is 3.51. The van der Waals surface area contributed by atoms with Crippen molar-refractivity contribution in [3.63, 3.8) is 0 Å². The van der Waals surface area contributed by atoms with Gasteiger partial charge < -0.3 is 19.5 Å². The summed E-state index contributed by atoms with van der Waals surface area (Å²) in [4.78, 5) is 0. The fraction of sp³-hybridized carbons (Fsp3) is 1.00. The highest BCUT2D eigenvalue weighted by molar-refractivity contribution is 8.16. The van der Waals surface area contributed by atoms with Crippen LogP contribution in [0.1, 0.15) is 34.1 Å². The third kappa shape index (κ3) is 22.8. The smallest absolute Gasteiger partial charge is 0.0701 e. The Hall–Kier alpha value is 0.540. The maximum atomic E-state index is 5.01. The molecule has 0 spiro atoms. The van der Waals surface area contributed by atoms with E-state index in [1.165, 1.54) is 23.0 Å². The van der Waals surface area contributed by atoms with E-state index < -0.39 is 0 Å². The van der Waals surface area contributed by atoms with E-state index in [0.29, 0.717) is 0 Å². The van der Waals surface area contributed by atoms with Gasteiger partial charge in [-0.2, -0.15) is 23.5 Å². The van der Waals surface area contributed by atoms with E-state index >= 15 is 0 Å². The third-order valence-corrected chi connectivity index (χ3v) is 4.82. The predicted molar refractivity (Wildman–Crippen MR) is 102 cm³/mol. The summed E-state index contributed by atoms with van der Waals surface area (Å²) in [7, 11) is 0. The molecule has 0 aromatic carbocycles. The molecule has 3 aliphatic rings. The summed E-state index contributed by atoms with van der Waals surface area (Å²) in [6.45, 7) is 14.9. The van der Waals surface area contributed by atoms with E-state index in [4.69, 9.17) is 14.2 Å². The van der Waals surface area contributed by atoms with Gasteiger partial charge in [-0.05, 0) is 17.9 Å². The van der Waals surface area contributed by atoms with Crippen LogP contribution in [0.2, 0.25) is 0 Å². The fourth-order valence-electron chi connectivity index (χ4n) is 1.40. The number of ether oxygens (including phenoxy) is 3. The standard InChI is InChI=1S/C4H9NO.C4H8O2.C4H8S2.2C2H6/c1-3-6-4-2-5-1;1-2-6-4-3-5-1;1-2-5-4-6-3-1;2*1-2/h5H,1-4H2;2*1-4H2;2*1-2H3. The van der Waals surface area contributed by atoms with E-state index in [2.05, 4.69) is 28.8 Å². The lowest BCUT2D eigenvalue weighted by atomic mass is 10.5. The van der Waals surface area contributed by atoms with Gasteiger partial charge in [0.15, 0.2) is 0 Å². The maximum Gasteiger partial charge on any atom is 0.0701 e. The number of rotatable bonds is 0. The van der Waals surface area contributed by atoms with Crippen molar-refractivity contribution in [2.24, 2.45) is 0 Å². The maximum absolute atomic E-state index is 5.01. The van der Waals surface area contributed by atoms with Gasteiger partial charge in [-0.1, -0.05) is 27.7 Å². The molecule has 3 rings (SSSR count). The third-order valence-electron chi connectivity index (χ3n) is 2.33. The topological polar surface area (TPSA) is 39.7 Å². The van der Waals surface area contributed by atoms with Crippen molar-refractivity contribution in [2.45, 2.75) is 34.1 Å². The van der Waals surface area contributed by atoms with E-state index in [1.54, 1.807) is 0 Å². The zero-order valence-electron chi connectivity index (χ0n) is 15.0. The minimum atomic E-state index is 0.778. The van der Waals surface area contributed by atoms with Crippen molar-refractivity contribution in [2.75, 3.05) is 69.3 Å². The molecule has 0 bridgehead atoms. The lowest BCUT2D eigenvalue weighted by Gasteiger charge is -2.10. The molecule has 1 N–H and O–H groups in total. The normalized spacial score (nSPS) is 20.2. The first-order valence-corrected chi connectivity index (χ1v) is 10.9. The Morgan fingerprint density at radius 3 is 1.18 bits per heavy atom. The average Bonchev–Trinajstić information content (AvgIpc) is 2.70. The largest absolute Gasteiger partial charge is 0.379 e. The van der Waals surface area contributed by atoms with Crippen LogP contribution in [-0.2, 0) is 14.2 Å². The zero-order valence-corrected chi connectivity index (χ0v) is 16.7. The number of morpholine rings is 1. The van der Waals surface area contributed by atoms with Crippen molar-refractivity contribution < 1.29 is 14.2 Å². The Bertz CT molecular complexity index is 102. The Morgan fingerprint density at radius 1 is 0.636 bits per heavy atom. The minimum Gasteiger partial charge on any atom is -0.379 e. The number of thioether (sulfide) groups is 2. The van der Waals surface area contributed by atoms with E-state index in [1.807, 2.05) is 27.7 Å². The summed E-state index contributed by atoms with van der Waals surface area (Å²) in [5.41, 5.74) is 0. The van der Waals surface area contributed by atoms with Gasteiger partial charge in [0.05, 0.1) is 39.6 Å². The van der Waals surface area contributed by atoms with Crippen LogP contribution in [0.15, 0.2) is 0 Å². The molecule has 136 valence electrons. The Morgan fingerprint density at radius 2 is 1.05 bits per heavy atom. The van der Waals surface area contributed by atoms with Crippen molar-refractivity contribution in [3.05, 3.63) is 0 Å². The second kappa shape index (κ2) is 26.4. The highest BCUT2D eigenvalue weighted by Crippen LogP contribution is 2.19. The summed E-state index contributed by atoms with van der Waals surface area (Å²) in [6, 6.07) is 0. The van der Waals surface area contributed by atoms with Gasteiger partial charge in [0, 0.05) is 18.2 Å². The van der Waals surface area contributed by atoms with E-state index in [0.717, 1.165) is 52.7 Å². The van der Waals surface area contributed by atoms with Crippen LogP contribution in [-0.4, -0.2) is 69.3 Å². The lowest BCUT2D eigenvalue weighted by Crippen LogP contribution is -2.30. The van der Waals surface area contributed by atoms with Gasteiger partial charge in [0.1, 0.15) is 0 Å². The van der Waals surface area contributed by atoms with Crippen LogP contribution in [0.3, 0.4) is 0 Å². The molecule has 0 amide bonds. The lowest BCUT2D eigenvalue weighted by molar-refractivity contribution is -0.0334. The summed E-state index contributed by atoms with van der Waals surface area (Å²) in [5.74, 6) is 2.79. The van der Waals surface area contributed by atoms with Crippen molar-refractivity contribution in [1.29, 1.82) is 0 Å². The number of hydrogen-bond acceptors (Lipinski definition) is 6. The molecule has 22 heavy (non-hydrogen) atoms. The quantitative estimate of drug-likeness (QED) is 0.717. The first-order valence-electron chi connectivity index (χ1n) is 8.59. The molecule has 4 nitrogen and oxygen atoms in total. The van der Waals surface area contributed by atoms with Crippen molar-refractivity contribution in [3.8, 4) is 0 Å². The molecular weight excluding hydrogens is 318 g/mol. The summed E-state index contributed by atoms with van der Waals surface area (Å²) in [5, 5.41) is 4.49. The Labute approximate surface area is 146 Å². The van der Waals surface area contributed by atoms with Crippen LogP contribution in [0.25, 0.3) is 0 Å². The average molecular weight is 356 g/mol. The molecule has 3 saturated heterocycles. The SMILES string of the molecule is C1COCCN1.C1COCCO1.C1CSCSC1.CC.CC. The number of hydrogen-bond donors (Lipinski definition) is 1. The molecular formula is C16H37NO3S2. The second-order valence-electron chi connectivity index (χ2n) is 3.88. The minimum absolute atomic E-state index is 0.778. The van der Waals surface area contributed by atoms with Crippen LogP contribution >= 0.6 is 23.5 Å². The molecule has 0 aromatic rings. The Kier molecular flexibility index (Phi) is 29.8. The first-order chi connectivity index (χ1) is 11.0. The molecule has 0 saturated carbocycles. The molecule has 0 aliphatic carbocycles. The molecule has 0 aromatic heterocycles. The zero-order chi connectivity index (χ0) is 16.7. The van der Waals surface area contributed by atoms with Gasteiger partial charge in [-0.25, -0.2) is 0 Å². The van der Waals surface area contributed by atoms with Crippen LogP contribution in [0.5, 0.6) is 0 Å². The highest BCUT2D eigenvalue weighted by atomic mass is 32.2. The van der Waals surface area contributed by atoms with Gasteiger partial charge in [-0.3, -0.25) is 0 Å². The molecule has 3 aliphatic heterocycles. The second-order valence-corrected chi connectivity index (χ2v) is 6.45. The molecule has 0 unspecified atom stereocenters. The molecule has 3 fully saturated rings. The summed E-state index contributed by atoms with van der Waals surface area (Å²) in [6.07, 6.45) is 1.43. The number of nitrogens with one attached hydrogen (secondary N) is 1. The van der Waals surface area contributed by atoms with Crippen LogP contribution in [0.4, 0.5) is 0 Å². The monoisotopic (exact) mass is 355 g/mol. The first kappa shape index (κ1) is 24.8. The van der Waals surface area contributed by atoms with Gasteiger partial charge in [-0.15, -0.1) is 0 Å². The summed E-state index contributed by atoms with van der Waals surface area (Å²) < 4.78 is 14.9. The Balaban J connectivity index is 0. The molecule has 3 heterocycles. The van der Waals surface area contributed by atoms with Gasteiger partial charge >= 0.3 is 0 Å². The molecule has 0 atom stereocenters.